The third-order valence-corrected chi connectivity index (χ3v) is 5.98. The molecule has 1 aromatic heterocycles. The van der Waals surface area contributed by atoms with Crippen molar-refractivity contribution in [1.29, 1.82) is 0 Å². The molecular weight excluding hydrogens is 300 g/mol. The van der Waals surface area contributed by atoms with Crippen LogP contribution in [-0.4, -0.2) is 48.7 Å². The predicted molar refractivity (Wildman–Crippen MR) is 80.8 cm³/mol. The Morgan fingerprint density at radius 3 is 2.55 bits per heavy atom. The van der Waals surface area contributed by atoms with E-state index in [1.807, 2.05) is 7.05 Å². The van der Waals surface area contributed by atoms with Crippen LogP contribution in [0.2, 0.25) is 0 Å². The van der Waals surface area contributed by atoms with Gasteiger partial charge in [-0.25, -0.2) is 8.42 Å². The summed E-state index contributed by atoms with van der Waals surface area (Å²) in [5, 5.41) is 7.29. The first kappa shape index (κ1) is 17.4. The molecule has 0 amide bonds. The van der Waals surface area contributed by atoms with Crippen LogP contribution in [0.3, 0.4) is 0 Å². The average Bonchev–Trinajstić information content (AvgIpc) is 2.86. The highest BCUT2D eigenvalue weighted by Crippen LogP contribution is 2.29. The summed E-state index contributed by atoms with van der Waals surface area (Å²) in [7, 11) is 0.185. The van der Waals surface area contributed by atoms with E-state index in [1.54, 1.807) is 29.9 Å². The van der Waals surface area contributed by atoms with Crippen LogP contribution >= 0.6 is 12.4 Å². The van der Waals surface area contributed by atoms with Crippen molar-refractivity contribution < 1.29 is 8.42 Å². The lowest BCUT2D eigenvalue weighted by molar-refractivity contribution is 0.378. The molecule has 1 unspecified atom stereocenters. The maximum Gasteiger partial charge on any atom is 0.247 e. The molecule has 1 N–H and O–H groups in total. The molecular formula is C12H23ClN4O2S. The summed E-state index contributed by atoms with van der Waals surface area (Å²) >= 11 is 0. The molecule has 1 aliphatic rings. The third kappa shape index (κ3) is 2.86. The van der Waals surface area contributed by atoms with Gasteiger partial charge < -0.3 is 5.32 Å². The molecule has 1 saturated heterocycles. The molecule has 0 bridgehead atoms. The Balaban J connectivity index is 0.00000200. The van der Waals surface area contributed by atoms with Gasteiger partial charge in [0, 0.05) is 26.2 Å². The number of sulfonamides is 1. The largest absolute Gasteiger partial charge is 0.318 e. The topological polar surface area (TPSA) is 67.2 Å². The Morgan fingerprint density at radius 2 is 2.05 bits per heavy atom. The Labute approximate surface area is 127 Å². The monoisotopic (exact) mass is 322 g/mol. The summed E-state index contributed by atoms with van der Waals surface area (Å²) in [6.45, 7) is 4.85. The first-order valence-corrected chi connectivity index (χ1v) is 8.00. The van der Waals surface area contributed by atoms with Gasteiger partial charge in [0.15, 0.2) is 0 Å². The fraction of sp³-hybridized carbons (Fsp3) is 0.750. The number of hydrogen-bond acceptors (Lipinski definition) is 4. The standard InChI is InChI=1S/C12H22N4O2S.ClH/c1-9-12(10(2)15(4)14-9)19(17,18)16-7-5-6-11(16)8-13-3;/h11,13H,5-8H2,1-4H3;1H. The van der Waals surface area contributed by atoms with Crippen molar-refractivity contribution in [3.05, 3.63) is 11.4 Å². The Kier molecular flexibility index (Phi) is 5.60. The van der Waals surface area contributed by atoms with Crippen molar-refractivity contribution in [3.8, 4) is 0 Å². The van der Waals surface area contributed by atoms with E-state index >= 15 is 0 Å². The number of rotatable bonds is 4. The van der Waals surface area contributed by atoms with E-state index in [-0.39, 0.29) is 18.4 Å². The molecule has 1 aliphatic heterocycles. The number of nitrogens with zero attached hydrogens (tertiary/aromatic N) is 3. The Morgan fingerprint density at radius 1 is 1.40 bits per heavy atom. The second-order valence-corrected chi connectivity index (χ2v) is 6.92. The van der Waals surface area contributed by atoms with Crippen LogP contribution < -0.4 is 5.32 Å². The van der Waals surface area contributed by atoms with Gasteiger partial charge in [-0.1, -0.05) is 0 Å². The van der Waals surface area contributed by atoms with E-state index in [0.717, 1.165) is 12.8 Å². The Hall–Kier alpha value is -0.630. The summed E-state index contributed by atoms with van der Waals surface area (Å²) < 4.78 is 28.9. The van der Waals surface area contributed by atoms with Gasteiger partial charge in [0.2, 0.25) is 10.0 Å². The molecule has 0 saturated carbocycles. The van der Waals surface area contributed by atoms with Crippen LogP contribution in [0.5, 0.6) is 0 Å². The quantitative estimate of drug-likeness (QED) is 0.891. The minimum atomic E-state index is -3.44. The number of aromatic nitrogens is 2. The second kappa shape index (κ2) is 6.43. The van der Waals surface area contributed by atoms with Crippen LogP contribution in [0.4, 0.5) is 0 Å². The highest BCUT2D eigenvalue weighted by atomic mass is 35.5. The van der Waals surface area contributed by atoms with Crippen LogP contribution in [-0.2, 0) is 17.1 Å². The van der Waals surface area contributed by atoms with Crippen molar-refractivity contribution in [2.75, 3.05) is 20.1 Å². The van der Waals surface area contributed by atoms with Crippen molar-refractivity contribution in [2.45, 2.75) is 37.6 Å². The van der Waals surface area contributed by atoms with E-state index in [4.69, 9.17) is 0 Å². The van der Waals surface area contributed by atoms with E-state index < -0.39 is 10.0 Å². The Bertz CT molecular complexity index is 570. The van der Waals surface area contributed by atoms with Gasteiger partial charge in [0.1, 0.15) is 4.90 Å². The number of nitrogens with one attached hydrogen (secondary N) is 1. The van der Waals surface area contributed by atoms with Crippen molar-refractivity contribution in [1.82, 2.24) is 19.4 Å². The van der Waals surface area contributed by atoms with Gasteiger partial charge >= 0.3 is 0 Å². The lowest BCUT2D eigenvalue weighted by Gasteiger charge is -2.24. The lowest BCUT2D eigenvalue weighted by atomic mass is 10.2. The minimum absolute atomic E-state index is 0. The third-order valence-electron chi connectivity index (χ3n) is 3.77. The van der Waals surface area contributed by atoms with Crippen molar-refractivity contribution in [2.24, 2.45) is 7.05 Å². The summed E-state index contributed by atoms with van der Waals surface area (Å²) in [5.74, 6) is 0. The highest BCUT2D eigenvalue weighted by Gasteiger charge is 2.37. The number of aryl methyl sites for hydroxylation is 2. The minimum Gasteiger partial charge on any atom is -0.318 e. The molecule has 2 rings (SSSR count). The summed E-state index contributed by atoms with van der Waals surface area (Å²) in [6, 6.07) is 0.0500. The molecule has 0 radical (unpaired) electrons. The van der Waals surface area contributed by atoms with Gasteiger partial charge in [-0.15, -0.1) is 12.4 Å². The molecule has 0 aliphatic carbocycles. The molecule has 8 heteroatoms. The predicted octanol–water partition coefficient (Wildman–Crippen LogP) is 0.831. The molecule has 1 aromatic rings. The summed E-state index contributed by atoms with van der Waals surface area (Å²) in [5.41, 5.74) is 1.28. The van der Waals surface area contributed by atoms with E-state index in [1.165, 1.54) is 0 Å². The van der Waals surface area contributed by atoms with E-state index in [2.05, 4.69) is 10.4 Å². The maximum atomic E-state index is 12.8. The van der Waals surface area contributed by atoms with E-state index in [9.17, 15) is 8.42 Å². The van der Waals surface area contributed by atoms with Gasteiger partial charge in [0.25, 0.3) is 0 Å². The fourth-order valence-electron chi connectivity index (χ4n) is 2.81. The molecule has 1 fully saturated rings. The molecule has 0 spiro atoms. The molecule has 2 heterocycles. The van der Waals surface area contributed by atoms with Gasteiger partial charge in [0.05, 0.1) is 11.4 Å². The van der Waals surface area contributed by atoms with Gasteiger partial charge in [-0.2, -0.15) is 9.40 Å². The van der Waals surface area contributed by atoms with Crippen molar-refractivity contribution in [3.63, 3.8) is 0 Å². The zero-order valence-corrected chi connectivity index (χ0v) is 14.0. The zero-order chi connectivity index (χ0) is 14.2. The van der Waals surface area contributed by atoms with E-state index in [0.29, 0.717) is 29.4 Å². The number of hydrogen-bond donors (Lipinski definition) is 1. The van der Waals surface area contributed by atoms with Crippen LogP contribution in [0, 0.1) is 13.8 Å². The average molecular weight is 323 g/mol. The van der Waals surface area contributed by atoms with Crippen LogP contribution in [0.25, 0.3) is 0 Å². The molecule has 6 nitrogen and oxygen atoms in total. The smallest absolute Gasteiger partial charge is 0.247 e. The first-order valence-electron chi connectivity index (χ1n) is 6.56. The van der Waals surface area contributed by atoms with Crippen LogP contribution in [0.1, 0.15) is 24.2 Å². The molecule has 20 heavy (non-hydrogen) atoms. The molecule has 0 aromatic carbocycles. The second-order valence-electron chi connectivity index (χ2n) is 5.09. The summed E-state index contributed by atoms with van der Waals surface area (Å²) in [4.78, 5) is 0.373. The van der Waals surface area contributed by atoms with Gasteiger partial charge in [-0.05, 0) is 33.7 Å². The van der Waals surface area contributed by atoms with Crippen molar-refractivity contribution >= 4 is 22.4 Å². The molecule has 116 valence electrons. The number of halogens is 1. The fourth-order valence-corrected chi connectivity index (χ4v) is 4.91. The highest BCUT2D eigenvalue weighted by molar-refractivity contribution is 7.89. The molecule has 1 atom stereocenters. The SMILES string of the molecule is CNCC1CCCN1S(=O)(=O)c1c(C)nn(C)c1C.Cl. The van der Waals surface area contributed by atoms with Crippen LogP contribution in [0.15, 0.2) is 4.90 Å². The van der Waals surface area contributed by atoms with Gasteiger partial charge in [-0.3, -0.25) is 4.68 Å². The zero-order valence-electron chi connectivity index (χ0n) is 12.4. The summed E-state index contributed by atoms with van der Waals surface area (Å²) in [6.07, 6.45) is 1.84. The number of likely N-dealkylation sites (N-methyl/N-ethyl adjacent to an activating group) is 1. The lowest BCUT2D eigenvalue weighted by Crippen LogP contribution is -2.41. The first-order chi connectivity index (χ1) is 8.89. The maximum absolute atomic E-state index is 12.8. The normalized spacial score (nSPS) is 20.1.